The lowest BCUT2D eigenvalue weighted by atomic mass is 9.73. The second kappa shape index (κ2) is 39.4. The van der Waals surface area contributed by atoms with Crippen LogP contribution in [-0.2, 0) is 55.1 Å². The predicted octanol–water partition coefficient (Wildman–Crippen LogP) is 10.00. The van der Waals surface area contributed by atoms with Crippen molar-refractivity contribution in [3.05, 3.63) is 160 Å². The monoisotopic (exact) mass is 1660 g/mol. The van der Waals surface area contributed by atoms with Crippen molar-refractivity contribution < 1.29 is 73.4 Å². The molecule has 33 heteroatoms. The van der Waals surface area contributed by atoms with Gasteiger partial charge < -0.3 is 55.9 Å². The molecule has 2 unspecified atom stereocenters. The van der Waals surface area contributed by atoms with Gasteiger partial charge in [0.15, 0.2) is 0 Å². The Hall–Kier alpha value is -8.18. The van der Waals surface area contributed by atoms with Gasteiger partial charge in [-0.2, -0.15) is 13.2 Å². The number of sulfonamides is 1. The number of aryl methyl sites for hydroxylation is 1. The average Bonchev–Trinajstić information content (AvgIpc) is 1.43. The van der Waals surface area contributed by atoms with Crippen molar-refractivity contribution in [1.29, 1.82) is 0 Å². The van der Waals surface area contributed by atoms with Crippen LogP contribution in [0.2, 0.25) is 5.02 Å². The number of amides is 7. The Bertz CT molecular complexity index is 4520. The van der Waals surface area contributed by atoms with Crippen LogP contribution in [0.4, 0.5) is 29.3 Å². The van der Waals surface area contributed by atoms with E-state index in [0.717, 1.165) is 83.3 Å². The predicted molar refractivity (Wildman–Crippen MR) is 432 cm³/mol. The average molecular weight is 1660 g/mol. The van der Waals surface area contributed by atoms with Crippen molar-refractivity contribution in [1.82, 2.24) is 50.6 Å². The highest BCUT2D eigenvalue weighted by atomic mass is 35.5. The van der Waals surface area contributed by atoms with Crippen molar-refractivity contribution in [2.24, 2.45) is 10.8 Å². The third kappa shape index (κ3) is 24.7. The Morgan fingerprint density at radius 3 is 2.05 bits per heavy atom. The number of carbonyl (C=O) groups excluding carboxylic acids is 6. The molecule has 113 heavy (non-hydrogen) atoms. The van der Waals surface area contributed by atoms with Gasteiger partial charge in [-0.05, 0) is 132 Å². The van der Waals surface area contributed by atoms with Crippen LogP contribution in [0.1, 0.15) is 107 Å². The first-order chi connectivity index (χ1) is 53.7. The summed E-state index contributed by atoms with van der Waals surface area (Å²) in [6.45, 7) is 18.8. The van der Waals surface area contributed by atoms with E-state index in [0.29, 0.717) is 63.3 Å². The van der Waals surface area contributed by atoms with Crippen LogP contribution in [0, 0.1) is 17.8 Å². The van der Waals surface area contributed by atoms with Crippen molar-refractivity contribution in [2.45, 2.75) is 137 Å². The summed E-state index contributed by atoms with van der Waals surface area (Å²) < 4.78 is 111. The van der Waals surface area contributed by atoms with Gasteiger partial charge in [-0.15, -0.1) is 23.1 Å². The highest BCUT2D eigenvalue weighted by Gasteiger charge is 2.49. The van der Waals surface area contributed by atoms with Gasteiger partial charge in [0, 0.05) is 144 Å². The summed E-state index contributed by atoms with van der Waals surface area (Å²) in [4.78, 5) is 94.0. The summed E-state index contributed by atoms with van der Waals surface area (Å²) in [5.74, 6) is -2.72. The number of aromatic nitrogens is 1. The molecule has 7 amide bonds. The molecule has 5 aromatic carbocycles. The number of aliphatic hydroxyl groups excluding tert-OH is 1. The first kappa shape index (κ1) is 87.2. The number of aliphatic hydroxyl groups is 1. The van der Waals surface area contributed by atoms with E-state index < -0.39 is 100 Å². The fraction of sp³-hybridized carbons (Fsp3) is 0.487. The first-order valence-corrected chi connectivity index (χ1v) is 43.1. The molecule has 0 bridgehead atoms. The summed E-state index contributed by atoms with van der Waals surface area (Å²) >= 11 is 9.15. The molecule has 3 saturated heterocycles. The van der Waals surface area contributed by atoms with Crippen molar-refractivity contribution in [3.63, 3.8) is 0 Å². The van der Waals surface area contributed by atoms with Crippen LogP contribution in [0.25, 0.3) is 16.0 Å². The Kier molecular flexibility index (Phi) is 30.4. The number of allylic oxidation sites excluding steroid dienone is 1. The number of anilines is 2. The maximum Gasteiger partial charge on any atom is 0.501 e. The van der Waals surface area contributed by atoms with Gasteiger partial charge in [-0.1, -0.05) is 106 Å². The molecule has 3 fully saturated rings. The summed E-state index contributed by atoms with van der Waals surface area (Å²) in [6, 6.07) is 30.6. The smallest absolute Gasteiger partial charge is 0.391 e. The number of thiazole rings is 1. The number of β-amino-alcohol motifs (C(OH)–C–C–N with tert-alkyl or cyclic N) is 1. The van der Waals surface area contributed by atoms with E-state index in [4.69, 9.17) is 21.1 Å². The number of benzene rings is 5. The molecular formula is C80H102ClF3N12O13S4. The fourth-order valence-electron chi connectivity index (χ4n) is 14.1. The maximum absolute atomic E-state index is 14.6. The van der Waals surface area contributed by atoms with E-state index in [1.807, 2.05) is 78.4 Å². The van der Waals surface area contributed by atoms with Crippen LogP contribution in [0.3, 0.4) is 0 Å². The molecule has 0 spiro atoms. The number of piperazine rings is 2. The minimum atomic E-state index is -6.19. The third-order valence-electron chi connectivity index (χ3n) is 20.5. The number of thioether (sulfide) groups is 1. The molecule has 7 N–H and O–H groups in total. The number of carbonyl (C=O) groups is 6. The lowest BCUT2D eigenvalue weighted by Gasteiger charge is -2.39. The molecule has 25 nitrogen and oxygen atoms in total. The number of sulfone groups is 1. The van der Waals surface area contributed by atoms with Gasteiger partial charge in [-0.25, -0.2) is 31.3 Å². The largest absolute Gasteiger partial charge is 0.501 e. The molecule has 0 saturated carbocycles. The number of hydrogen-bond acceptors (Lipinski definition) is 20. The quantitative estimate of drug-likeness (QED) is 0.0146. The summed E-state index contributed by atoms with van der Waals surface area (Å²) in [5, 5.41) is 25.5. The second-order valence-corrected chi connectivity index (χ2v) is 36.6. The Labute approximate surface area is 672 Å². The number of halogens is 4. The molecule has 1 aliphatic carbocycles. The normalized spacial score (nSPS) is 17.8. The minimum absolute atomic E-state index is 0.0340. The van der Waals surface area contributed by atoms with Gasteiger partial charge in [0.05, 0.1) is 59.2 Å². The Morgan fingerprint density at radius 1 is 0.761 bits per heavy atom. The van der Waals surface area contributed by atoms with Crippen molar-refractivity contribution in [2.75, 3.05) is 127 Å². The third-order valence-corrected chi connectivity index (χ3v) is 25.7. The van der Waals surface area contributed by atoms with Crippen LogP contribution in [0.5, 0.6) is 0 Å². The summed E-state index contributed by atoms with van der Waals surface area (Å²) in [6.07, 6.45) is 2.07. The molecule has 4 atom stereocenters. The highest BCUT2D eigenvalue weighted by molar-refractivity contribution is 7.99. The lowest BCUT2D eigenvalue weighted by molar-refractivity contribution is -0.144. The van der Waals surface area contributed by atoms with E-state index in [-0.39, 0.29) is 94.6 Å². The van der Waals surface area contributed by atoms with Crippen molar-refractivity contribution in [3.8, 4) is 10.4 Å². The van der Waals surface area contributed by atoms with Gasteiger partial charge in [-0.3, -0.25) is 33.8 Å². The van der Waals surface area contributed by atoms with Gasteiger partial charge in [0.1, 0.15) is 17.0 Å². The molecule has 1 aromatic heterocycles. The van der Waals surface area contributed by atoms with Crippen LogP contribution < -0.4 is 36.2 Å². The van der Waals surface area contributed by atoms with E-state index >= 15 is 0 Å². The molecule has 0 radical (unpaired) electrons. The number of rotatable bonds is 34. The standard InChI is InChI=1S/C80H102ClF3N12O13S4/c1-54-72(111-53-88-54)57-14-12-55(13-15-57)49-87-75(101)68-46-63(97)51-96(68)76(102)73(78(2,3)4)90-71(99)27-26-70(98)85-31-42-108-44-45-109-43-32-86-77(103)95-40-34-92(35-41-95)33-29-61(52-110-64-10-8-7-9-11-64)89-67-25-24-65(47-69(67)112(104,105)80(82,83)84)113(106,107)91-74(100)58-18-22-62(23-19-58)94-38-36-93(37-39-94)50-59-48-79(5,6)30-28-66(59)56-16-20-60(81)21-17-56/h7-25,47,53,61,63,68,73,89,97H,26-46,48-52H2,1-6H3,(H,85,98)(H,86,103)(H,87,101)(H,90,99)(H,91,100)/t61?,63-,68+,73?/m1/s1. The number of urea groups is 1. The Morgan fingerprint density at radius 2 is 1.41 bits per heavy atom. The second-order valence-electron chi connectivity index (χ2n) is 30.6. The zero-order valence-electron chi connectivity index (χ0n) is 64.5. The molecule has 612 valence electrons. The fourth-order valence-corrected chi connectivity index (χ4v) is 18.0. The molecular weight excluding hydrogens is 1560 g/mol. The number of ether oxygens (including phenoxy) is 2. The Balaban J connectivity index is 0.621. The number of hydrogen-bond donors (Lipinski definition) is 7. The highest BCUT2D eigenvalue weighted by Crippen LogP contribution is 2.44. The van der Waals surface area contributed by atoms with E-state index in [9.17, 15) is 63.9 Å². The van der Waals surface area contributed by atoms with E-state index in [1.54, 1.807) is 54.7 Å². The van der Waals surface area contributed by atoms with E-state index in [2.05, 4.69) is 72.2 Å². The topological polar surface area (TPSA) is 311 Å². The number of alkyl halides is 3. The SMILES string of the molecule is Cc1ncsc1-c1ccc(CNC(=O)[C@@H]2C[C@@H](O)CN2C(=O)C(NC(=O)CCC(=O)NCCOCCOCCNC(=O)N2CCN(CCC(CSc3ccccc3)Nc3ccc(S(=O)(=O)NC(=O)c4ccc(N5CCN(CC6=C(c7ccc(Cl)cc7)CCC(C)(C)C6)CC5)cc4)cc3S(=O)(=O)C(F)(F)F)CC2)C(C)(C)C)cc1. The molecule has 3 aliphatic heterocycles. The van der Waals surface area contributed by atoms with Crippen LogP contribution >= 0.6 is 34.7 Å². The molecule has 4 aliphatic rings. The minimum Gasteiger partial charge on any atom is -0.391 e. The number of nitrogens with zero attached hydrogens (tertiary/aromatic N) is 6. The van der Waals surface area contributed by atoms with Crippen molar-refractivity contribution >= 4 is 107 Å². The van der Waals surface area contributed by atoms with Crippen LogP contribution in [0.15, 0.2) is 147 Å². The van der Waals surface area contributed by atoms with Gasteiger partial charge in [0.25, 0.3) is 25.8 Å². The van der Waals surface area contributed by atoms with Gasteiger partial charge in [0.2, 0.25) is 23.6 Å². The summed E-state index contributed by atoms with van der Waals surface area (Å²) in [7, 11) is -11.1. The molecule has 10 rings (SSSR count). The zero-order valence-corrected chi connectivity index (χ0v) is 68.5. The lowest BCUT2D eigenvalue weighted by Crippen LogP contribution is -2.57. The molecule has 4 heterocycles. The van der Waals surface area contributed by atoms with Gasteiger partial charge >= 0.3 is 11.5 Å². The maximum atomic E-state index is 14.6. The number of likely N-dealkylation sites (tertiary alicyclic amines) is 1. The first-order valence-electron chi connectivity index (χ1n) is 37.9. The summed E-state index contributed by atoms with van der Waals surface area (Å²) in [5.41, 5.74) is 2.40. The molecule has 6 aromatic rings. The zero-order chi connectivity index (χ0) is 81.3. The number of nitrogens with one attached hydrogen (secondary N) is 6. The van der Waals surface area contributed by atoms with E-state index in [1.165, 1.54) is 45.5 Å². The van der Waals surface area contributed by atoms with Crippen LogP contribution in [-0.4, -0.2) is 229 Å².